The maximum atomic E-state index is 6.84. The zero-order valence-electron chi connectivity index (χ0n) is 27.6. The van der Waals surface area contributed by atoms with Gasteiger partial charge >= 0.3 is 0 Å². The largest absolute Gasteiger partial charge is 0.454 e. The molecule has 230 valence electrons. The highest BCUT2D eigenvalue weighted by Crippen LogP contribution is 2.54. The lowest BCUT2D eigenvalue weighted by molar-refractivity contribution is 0.659. The van der Waals surface area contributed by atoms with E-state index in [2.05, 4.69) is 172 Å². The van der Waals surface area contributed by atoms with E-state index in [9.17, 15) is 0 Å². The molecule has 0 aliphatic heterocycles. The number of fused-ring (bicyclic) bond motifs is 11. The van der Waals surface area contributed by atoms with Crippen LogP contribution in [0.3, 0.4) is 0 Å². The first kappa shape index (κ1) is 27.5. The normalized spacial score (nSPS) is 15.0. The van der Waals surface area contributed by atoms with Crippen molar-refractivity contribution in [2.45, 2.75) is 38.5 Å². The van der Waals surface area contributed by atoms with Crippen LogP contribution in [-0.2, 0) is 10.8 Å². The van der Waals surface area contributed by atoms with Crippen LogP contribution >= 0.6 is 0 Å². The molecule has 0 N–H and O–H groups in total. The summed E-state index contributed by atoms with van der Waals surface area (Å²) in [5, 5.41) is 4.69. The van der Waals surface area contributed by atoms with Gasteiger partial charge in [0.15, 0.2) is 5.58 Å². The van der Waals surface area contributed by atoms with Crippen molar-refractivity contribution in [2.75, 3.05) is 4.90 Å². The summed E-state index contributed by atoms with van der Waals surface area (Å²) >= 11 is 0. The van der Waals surface area contributed by atoms with Crippen molar-refractivity contribution in [1.82, 2.24) is 0 Å². The molecule has 0 spiro atoms. The molecule has 1 heterocycles. The maximum absolute atomic E-state index is 6.84. The minimum atomic E-state index is -0.118. The molecule has 0 fully saturated rings. The number of nitrogens with zero attached hydrogens (tertiary/aromatic N) is 1. The second-order valence-corrected chi connectivity index (χ2v) is 14.6. The van der Waals surface area contributed by atoms with Crippen molar-refractivity contribution in [3.8, 4) is 22.3 Å². The van der Waals surface area contributed by atoms with Crippen molar-refractivity contribution in [3.63, 3.8) is 0 Å². The summed E-state index contributed by atoms with van der Waals surface area (Å²) in [4.78, 5) is 2.44. The van der Waals surface area contributed by atoms with Gasteiger partial charge in [-0.15, -0.1) is 0 Å². The monoisotopic (exact) mass is 617 g/mol. The van der Waals surface area contributed by atoms with Crippen LogP contribution in [0.4, 0.5) is 17.1 Å². The molecular weight excluding hydrogens is 583 g/mol. The molecule has 0 unspecified atom stereocenters. The molecule has 7 aromatic carbocycles. The van der Waals surface area contributed by atoms with E-state index in [1.165, 1.54) is 55.3 Å². The van der Waals surface area contributed by atoms with Crippen LogP contribution in [0.2, 0.25) is 0 Å². The van der Waals surface area contributed by atoms with Gasteiger partial charge in [-0.2, -0.15) is 0 Å². The molecular formula is C46H35NO. The molecule has 1 aromatic heterocycles. The minimum absolute atomic E-state index is 0.0619. The Morgan fingerprint density at radius 1 is 0.458 bits per heavy atom. The molecule has 48 heavy (non-hydrogen) atoms. The molecule has 0 atom stereocenters. The molecule has 2 nitrogen and oxygen atoms in total. The average molecular weight is 618 g/mol. The molecule has 0 amide bonds. The molecule has 2 aliphatic carbocycles. The topological polar surface area (TPSA) is 16.4 Å². The summed E-state index contributed by atoms with van der Waals surface area (Å²) in [5.41, 5.74) is 15.6. The summed E-state index contributed by atoms with van der Waals surface area (Å²) in [5.74, 6) is 0. The minimum Gasteiger partial charge on any atom is -0.454 e. The van der Waals surface area contributed by atoms with Crippen LogP contribution in [0.1, 0.15) is 49.9 Å². The predicted octanol–water partition coefficient (Wildman–Crippen LogP) is 12.8. The Kier molecular flexibility index (Phi) is 5.44. The standard InChI is InChI=1S/C46H35NO/c1-45(2)38-19-11-8-16-33(38)36-26-29(22-24-39(36)45)47(30-21-23-34-32-15-7-10-18-37(32)46(3,4)40(34)27-30)41-25-28-13-5-6-14-31(28)43-35-17-9-12-20-42(35)48-44(41)43/h5-27H,1-4H3. The molecule has 0 radical (unpaired) electrons. The van der Waals surface area contributed by atoms with Gasteiger partial charge in [0.2, 0.25) is 0 Å². The molecule has 0 saturated carbocycles. The van der Waals surface area contributed by atoms with E-state index in [-0.39, 0.29) is 10.8 Å². The van der Waals surface area contributed by atoms with Gasteiger partial charge in [0, 0.05) is 33.0 Å². The molecule has 2 aliphatic rings. The summed E-state index contributed by atoms with van der Waals surface area (Å²) in [6.45, 7) is 9.40. The summed E-state index contributed by atoms with van der Waals surface area (Å²) < 4.78 is 6.84. The summed E-state index contributed by atoms with van der Waals surface area (Å²) in [7, 11) is 0. The van der Waals surface area contributed by atoms with Gasteiger partial charge < -0.3 is 9.32 Å². The Labute approximate surface area is 280 Å². The van der Waals surface area contributed by atoms with E-state index in [4.69, 9.17) is 4.42 Å². The number of para-hydroxylation sites is 1. The Balaban J connectivity index is 1.29. The molecule has 8 aromatic rings. The number of hydrogen-bond acceptors (Lipinski definition) is 2. The van der Waals surface area contributed by atoms with Crippen LogP contribution in [0.25, 0.3) is 55.0 Å². The molecule has 2 heteroatoms. The first-order valence-corrected chi connectivity index (χ1v) is 16.9. The second-order valence-electron chi connectivity index (χ2n) is 14.6. The number of benzene rings is 7. The maximum Gasteiger partial charge on any atom is 0.160 e. The summed E-state index contributed by atoms with van der Waals surface area (Å²) in [6.07, 6.45) is 0. The highest BCUT2D eigenvalue weighted by atomic mass is 16.3. The van der Waals surface area contributed by atoms with Gasteiger partial charge in [-0.25, -0.2) is 0 Å². The van der Waals surface area contributed by atoms with E-state index in [1.54, 1.807) is 0 Å². The lowest BCUT2D eigenvalue weighted by Gasteiger charge is -2.29. The third-order valence-corrected chi connectivity index (χ3v) is 11.2. The van der Waals surface area contributed by atoms with Crippen molar-refractivity contribution in [1.29, 1.82) is 0 Å². The SMILES string of the molecule is CC1(C)c2ccccc2-c2cc(N(c3ccc4c(c3)C(C)(C)c3ccccc3-4)c3cc4ccccc4c4c3oc3ccccc34)ccc21. The van der Waals surface area contributed by atoms with Crippen LogP contribution in [0.15, 0.2) is 144 Å². The fourth-order valence-corrected chi connectivity index (χ4v) is 8.83. The van der Waals surface area contributed by atoms with E-state index in [0.29, 0.717) is 0 Å². The smallest absolute Gasteiger partial charge is 0.160 e. The van der Waals surface area contributed by atoms with Crippen molar-refractivity contribution >= 4 is 49.8 Å². The van der Waals surface area contributed by atoms with Gasteiger partial charge in [0.05, 0.1) is 5.69 Å². The van der Waals surface area contributed by atoms with E-state index in [0.717, 1.165) is 39.0 Å². The first-order valence-electron chi connectivity index (χ1n) is 16.9. The Morgan fingerprint density at radius 3 is 1.81 bits per heavy atom. The number of anilines is 3. The highest BCUT2D eigenvalue weighted by Gasteiger charge is 2.38. The summed E-state index contributed by atoms with van der Waals surface area (Å²) in [6, 6.07) is 51.3. The van der Waals surface area contributed by atoms with Crippen molar-refractivity contribution < 1.29 is 4.42 Å². The Bertz CT molecular complexity index is 2630. The van der Waals surface area contributed by atoms with Gasteiger partial charge in [-0.05, 0) is 91.7 Å². The van der Waals surface area contributed by atoms with E-state index >= 15 is 0 Å². The van der Waals surface area contributed by atoms with Crippen LogP contribution in [0, 0.1) is 0 Å². The van der Waals surface area contributed by atoms with Gasteiger partial charge in [0.1, 0.15) is 5.58 Å². The van der Waals surface area contributed by atoms with Crippen LogP contribution < -0.4 is 4.90 Å². The first-order chi connectivity index (χ1) is 23.3. The van der Waals surface area contributed by atoms with Gasteiger partial charge in [0.25, 0.3) is 0 Å². The fraction of sp³-hybridized carbons (Fsp3) is 0.130. The third-order valence-electron chi connectivity index (χ3n) is 11.2. The number of hydrogen-bond donors (Lipinski definition) is 0. The van der Waals surface area contributed by atoms with Crippen molar-refractivity contribution in [2.24, 2.45) is 0 Å². The number of furan rings is 1. The zero-order chi connectivity index (χ0) is 32.4. The quantitative estimate of drug-likeness (QED) is 0.196. The fourth-order valence-electron chi connectivity index (χ4n) is 8.83. The molecule has 0 bridgehead atoms. The lowest BCUT2D eigenvalue weighted by atomic mass is 9.82. The van der Waals surface area contributed by atoms with Crippen LogP contribution in [-0.4, -0.2) is 0 Å². The van der Waals surface area contributed by atoms with Gasteiger partial charge in [-0.3, -0.25) is 0 Å². The van der Waals surface area contributed by atoms with Gasteiger partial charge in [-0.1, -0.05) is 131 Å². The number of rotatable bonds is 3. The van der Waals surface area contributed by atoms with Crippen molar-refractivity contribution in [3.05, 3.63) is 162 Å². The lowest BCUT2D eigenvalue weighted by Crippen LogP contribution is -2.17. The highest BCUT2D eigenvalue weighted by molar-refractivity contribution is 6.23. The average Bonchev–Trinajstić information content (AvgIpc) is 3.69. The zero-order valence-corrected chi connectivity index (χ0v) is 27.6. The molecule has 10 rings (SSSR count). The van der Waals surface area contributed by atoms with Crippen LogP contribution in [0.5, 0.6) is 0 Å². The predicted molar refractivity (Wildman–Crippen MR) is 201 cm³/mol. The van der Waals surface area contributed by atoms with E-state index < -0.39 is 0 Å². The Morgan fingerprint density at radius 2 is 1.02 bits per heavy atom. The third kappa shape index (κ3) is 3.58. The second kappa shape index (κ2) is 9.49. The molecule has 0 saturated heterocycles. The van der Waals surface area contributed by atoms with E-state index in [1.807, 2.05) is 0 Å². The Hall–Kier alpha value is -5.60.